The number of benzene rings is 2. The molecule has 8 heteroatoms. The minimum absolute atomic E-state index is 0.0872. The molecule has 1 atom stereocenters. The fourth-order valence-corrected chi connectivity index (χ4v) is 5.82. The van der Waals surface area contributed by atoms with Gasteiger partial charge in [0.15, 0.2) is 5.70 Å². The number of quaternary nitrogens is 1. The first-order chi connectivity index (χ1) is 17.4. The molecule has 3 heterocycles. The van der Waals surface area contributed by atoms with E-state index in [1.165, 1.54) is 10.9 Å². The normalized spacial score (nSPS) is 21.1. The fourth-order valence-electron chi connectivity index (χ4n) is 5.82. The molecule has 3 aromatic rings. The second-order valence-electron chi connectivity index (χ2n) is 9.82. The highest BCUT2D eigenvalue weighted by atomic mass is 16.4. The molecule has 186 valence electrons. The third-order valence-corrected chi connectivity index (χ3v) is 7.66. The lowest BCUT2D eigenvalue weighted by Gasteiger charge is -2.39. The van der Waals surface area contributed by atoms with Crippen molar-refractivity contribution in [2.24, 2.45) is 5.92 Å². The largest absolute Gasteiger partial charge is 0.540 e. The third kappa shape index (κ3) is 4.45. The molecule has 0 radical (unpaired) electrons. The number of likely N-dealkylation sites (tertiary alicyclic amines) is 1. The lowest BCUT2D eigenvalue weighted by atomic mass is 9.94. The van der Waals surface area contributed by atoms with Gasteiger partial charge in [0.2, 0.25) is 0 Å². The minimum Gasteiger partial charge on any atom is -0.540 e. The Morgan fingerprint density at radius 1 is 1.11 bits per heavy atom. The topological polar surface area (TPSA) is 114 Å². The van der Waals surface area contributed by atoms with Crippen LogP contribution in [0.25, 0.3) is 10.9 Å². The molecule has 2 aromatic carbocycles. The number of hydrogen-bond donors (Lipinski definition) is 2. The van der Waals surface area contributed by atoms with E-state index in [2.05, 4.69) is 28.2 Å². The van der Waals surface area contributed by atoms with Crippen molar-refractivity contribution >= 4 is 28.7 Å². The summed E-state index contributed by atoms with van der Waals surface area (Å²) >= 11 is 0. The Bertz CT molecular complexity index is 1350. The highest BCUT2D eigenvalue weighted by Crippen LogP contribution is 2.37. The molecule has 36 heavy (non-hydrogen) atoms. The summed E-state index contributed by atoms with van der Waals surface area (Å²) in [5, 5.41) is 22.7. The number of carbonyl (C=O) groups is 3. The van der Waals surface area contributed by atoms with E-state index < -0.39 is 22.1 Å². The fraction of sp³-hybridized carbons (Fsp3) is 0.321. The standard InChI is InChI=1S/C28H29N3O5/c32-26(33)15-25(28(35)36)31(18-21-5-1-2-7-23(21)27(31)34)17-19-9-12-30(13-10-19)14-11-20-16-29-24-8-4-3-6-22(20)24/h1-8,15-16,19,29H,9-14,17-18H2,(H-,32,33,35,36)/b25-15+. The summed E-state index contributed by atoms with van der Waals surface area (Å²) in [4.78, 5) is 42.8. The molecule has 0 spiro atoms. The lowest BCUT2D eigenvalue weighted by molar-refractivity contribution is -0.821. The van der Waals surface area contributed by atoms with E-state index in [1.807, 2.05) is 12.1 Å². The smallest absolute Gasteiger partial charge is 0.351 e. The van der Waals surface area contributed by atoms with E-state index in [1.54, 1.807) is 24.3 Å². The predicted molar refractivity (Wildman–Crippen MR) is 131 cm³/mol. The molecule has 1 aromatic heterocycles. The number of aromatic nitrogens is 1. The molecule has 1 unspecified atom stereocenters. The Morgan fingerprint density at radius 2 is 1.83 bits per heavy atom. The lowest BCUT2D eigenvalue weighted by Crippen LogP contribution is -2.55. The maximum absolute atomic E-state index is 13.6. The molecule has 2 aliphatic heterocycles. The maximum atomic E-state index is 13.6. The summed E-state index contributed by atoms with van der Waals surface area (Å²) in [5.41, 5.74) is 3.12. The van der Waals surface area contributed by atoms with Crippen molar-refractivity contribution < 1.29 is 29.1 Å². The van der Waals surface area contributed by atoms with E-state index in [4.69, 9.17) is 0 Å². The zero-order valence-corrected chi connectivity index (χ0v) is 20.0. The SMILES string of the molecule is O=C(O)/C=C(\C(=O)[O-])[N+]1(CC2CCN(CCc3c[nH]c4ccccc34)CC2)Cc2ccccc2C1=O. The number of hydrogen-bond acceptors (Lipinski definition) is 5. The zero-order chi connectivity index (χ0) is 25.3. The molecule has 2 aliphatic rings. The highest BCUT2D eigenvalue weighted by molar-refractivity contribution is 5.99. The number of aliphatic carboxylic acids is 2. The Morgan fingerprint density at radius 3 is 2.56 bits per heavy atom. The van der Waals surface area contributed by atoms with Gasteiger partial charge in [0.1, 0.15) is 12.5 Å². The number of amides is 1. The van der Waals surface area contributed by atoms with Crippen LogP contribution in [-0.4, -0.2) is 63.5 Å². The second kappa shape index (κ2) is 9.72. The summed E-state index contributed by atoms with van der Waals surface area (Å²) < 4.78 is -0.534. The van der Waals surface area contributed by atoms with Crippen LogP contribution < -0.4 is 5.11 Å². The summed E-state index contributed by atoms with van der Waals surface area (Å²) in [6.07, 6.45) is 5.25. The van der Waals surface area contributed by atoms with Gasteiger partial charge in [-0.2, -0.15) is 0 Å². The van der Waals surface area contributed by atoms with Crippen molar-refractivity contribution in [1.29, 1.82) is 0 Å². The first-order valence-corrected chi connectivity index (χ1v) is 12.3. The van der Waals surface area contributed by atoms with Crippen LogP contribution in [0.4, 0.5) is 0 Å². The zero-order valence-electron chi connectivity index (χ0n) is 20.0. The molecule has 1 amide bonds. The van der Waals surface area contributed by atoms with Crippen LogP contribution in [0.3, 0.4) is 0 Å². The van der Waals surface area contributed by atoms with Crippen molar-refractivity contribution in [2.75, 3.05) is 26.2 Å². The summed E-state index contributed by atoms with van der Waals surface area (Å²) in [6, 6.07) is 15.3. The van der Waals surface area contributed by atoms with Gasteiger partial charge in [-0.1, -0.05) is 36.4 Å². The predicted octanol–water partition coefficient (Wildman–Crippen LogP) is 2.31. The summed E-state index contributed by atoms with van der Waals surface area (Å²) in [6.45, 7) is 2.98. The molecule has 1 saturated heterocycles. The Labute approximate surface area is 209 Å². The van der Waals surface area contributed by atoms with Gasteiger partial charge in [-0.25, -0.2) is 14.1 Å². The van der Waals surface area contributed by atoms with Crippen molar-refractivity contribution in [3.8, 4) is 0 Å². The van der Waals surface area contributed by atoms with Gasteiger partial charge in [0.25, 0.3) is 0 Å². The van der Waals surface area contributed by atoms with Crippen molar-refractivity contribution in [2.45, 2.75) is 25.8 Å². The average Bonchev–Trinajstić information content (AvgIpc) is 3.41. The van der Waals surface area contributed by atoms with Gasteiger partial charge in [-0.05, 0) is 50.0 Å². The van der Waals surface area contributed by atoms with Crippen molar-refractivity contribution in [3.05, 3.63) is 83.2 Å². The van der Waals surface area contributed by atoms with Gasteiger partial charge in [-0.3, -0.25) is 0 Å². The van der Waals surface area contributed by atoms with Crippen LogP contribution in [0.1, 0.15) is 34.3 Å². The monoisotopic (exact) mass is 487 g/mol. The van der Waals surface area contributed by atoms with Gasteiger partial charge in [0, 0.05) is 35.1 Å². The number of carbonyl (C=O) groups excluding carboxylic acids is 2. The van der Waals surface area contributed by atoms with Crippen LogP contribution >= 0.6 is 0 Å². The first-order valence-electron chi connectivity index (χ1n) is 12.3. The average molecular weight is 488 g/mol. The summed E-state index contributed by atoms with van der Waals surface area (Å²) in [5.74, 6) is -3.30. The number of rotatable bonds is 8. The Balaban J connectivity index is 1.29. The molecule has 8 nitrogen and oxygen atoms in total. The van der Waals surface area contributed by atoms with Gasteiger partial charge < -0.3 is 24.9 Å². The molecule has 0 aliphatic carbocycles. The number of piperidine rings is 1. The van der Waals surface area contributed by atoms with Crippen molar-refractivity contribution in [3.63, 3.8) is 0 Å². The number of para-hydroxylation sites is 1. The van der Waals surface area contributed by atoms with Crippen LogP contribution in [0.2, 0.25) is 0 Å². The Kier molecular flexibility index (Phi) is 6.47. The second-order valence-corrected chi connectivity index (χ2v) is 9.82. The van der Waals surface area contributed by atoms with E-state index in [-0.39, 0.29) is 24.9 Å². The van der Waals surface area contributed by atoms with Gasteiger partial charge in [-0.15, -0.1) is 0 Å². The molecule has 1 fully saturated rings. The van der Waals surface area contributed by atoms with Crippen LogP contribution in [0, 0.1) is 5.92 Å². The molecule has 2 N–H and O–H groups in total. The first kappa shape index (κ1) is 24.0. The number of carboxylic acids is 2. The molecular weight excluding hydrogens is 458 g/mol. The van der Waals surface area contributed by atoms with E-state index in [0.717, 1.165) is 50.0 Å². The number of H-pyrrole nitrogens is 1. The van der Waals surface area contributed by atoms with Crippen molar-refractivity contribution in [1.82, 2.24) is 9.88 Å². The minimum atomic E-state index is -1.62. The molecule has 0 bridgehead atoms. The third-order valence-electron chi connectivity index (χ3n) is 7.66. The van der Waals surface area contributed by atoms with Crippen LogP contribution in [-0.2, 0) is 22.6 Å². The molecule has 0 saturated carbocycles. The Hall–Kier alpha value is -3.75. The van der Waals surface area contributed by atoms with Gasteiger partial charge >= 0.3 is 11.9 Å². The molecular formula is C28H29N3O5. The number of nitrogens with one attached hydrogen (secondary N) is 1. The van der Waals surface area contributed by atoms with Crippen LogP contribution in [0.15, 0.2) is 66.5 Å². The van der Waals surface area contributed by atoms with E-state index in [9.17, 15) is 24.6 Å². The maximum Gasteiger partial charge on any atom is 0.351 e. The number of carboxylic acid groups (broad SMARTS) is 2. The summed E-state index contributed by atoms with van der Waals surface area (Å²) in [7, 11) is 0. The highest BCUT2D eigenvalue weighted by Gasteiger charge is 2.50. The van der Waals surface area contributed by atoms with Crippen LogP contribution in [0.5, 0.6) is 0 Å². The number of aromatic amines is 1. The molecule has 5 rings (SSSR count). The number of fused-ring (bicyclic) bond motifs is 2. The van der Waals surface area contributed by atoms with E-state index >= 15 is 0 Å². The quantitative estimate of drug-likeness (QED) is 0.372. The van der Waals surface area contributed by atoms with Gasteiger partial charge in [0.05, 0.1) is 18.2 Å². The number of nitrogens with zero attached hydrogens (tertiary/aromatic N) is 2. The van der Waals surface area contributed by atoms with E-state index in [0.29, 0.717) is 11.6 Å².